The number of nitrogens with zero attached hydrogens (tertiary/aromatic N) is 4. The second-order valence-electron chi connectivity index (χ2n) is 8.74. The van der Waals surface area contributed by atoms with Crippen LogP contribution in [0, 0.1) is 5.92 Å². The van der Waals surface area contributed by atoms with Crippen LogP contribution in [0.4, 0.5) is 0 Å². The van der Waals surface area contributed by atoms with Gasteiger partial charge in [0.2, 0.25) is 5.88 Å². The quantitative estimate of drug-likeness (QED) is 0.353. The summed E-state index contributed by atoms with van der Waals surface area (Å²) in [6, 6.07) is 14.3. The Balaban J connectivity index is 1.20. The lowest BCUT2D eigenvalue weighted by molar-refractivity contribution is -0.138. The molecule has 0 radical (unpaired) electrons. The number of pyridine rings is 2. The molecule has 0 aliphatic heterocycles. The lowest BCUT2D eigenvalue weighted by Gasteiger charge is -2.27. The molecule has 1 fully saturated rings. The summed E-state index contributed by atoms with van der Waals surface area (Å²) in [5.74, 6) is 1.49. The Bertz CT molecular complexity index is 1280. The summed E-state index contributed by atoms with van der Waals surface area (Å²) in [5.41, 5.74) is 3.28. The number of hydrogen-bond acceptors (Lipinski definition) is 7. The van der Waals surface area contributed by atoms with Crippen molar-refractivity contribution in [3.8, 4) is 45.7 Å². The van der Waals surface area contributed by atoms with Gasteiger partial charge in [-0.3, -0.25) is 9.78 Å². The van der Waals surface area contributed by atoms with Crippen LogP contribution in [0.2, 0.25) is 0 Å². The fourth-order valence-electron chi connectivity index (χ4n) is 4.32. The summed E-state index contributed by atoms with van der Waals surface area (Å²) < 4.78 is 6.01. The van der Waals surface area contributed by atoms with Crippen molar-refractivity contribution in [3.05, 3.63) is 60.9 Å². The number of hydrogen-bond donors (Lipinski definition) is 3. The number of aliphatic carboxylic acids is 1. The topological polar surface area (TPSA) is 134 Å². The lowest BCUT2D eigenvalue weighted by atomic mass is 9.85. The Hall–Kier alpha value is -4.27. The first-order valence-electron chi connectivity index (χ1n) is 11.6. The number of rotatable bonds is 7. The molecule has 3 aromatic heterocycles. The number of ether oxygens (including phenoxy) is 1. The van der Waals surface area contributed by atoms with Crippen LogP contribution in [-0.4, -0.2) is 47.4 Å². The minimum Gasteiger partial charge on any atom is -0.508 e. The maximum atomic E-state index is 10.9. The molecule has 9 nitrogen and oxygen atoms in total. The van der Waals surface area contributed by atoms with Gasteiger partial charge in [0.25, 0.3) is 0 Å². The first-order chi connectivity index (χ1) is 17.0. The van der Waals surface area contributed by atoms with Gasteiger partial charge in [0.1, 0.15) is 11.9 Å². The molecular formula is C26H25N5O4. The summed E-state index contributed by atoms with van der Waals surface area (Å²) in [6.07, 6.45) is 7.22. The molecule has 3 heterocycles. The van der Waals surface area contributed by atoms with Crippen molar-refractivity contribution in [1.29, 1.82) is 0 Å². The summed E-state index contributed by atoms with van der Waals surface area (Å²) in [7, 11) is 0. The van der Waals surface area contributed by atoms with Crippen molar-refractivity contribution < 1.29 is 19.7 Å². The van der Waals surface area contributed by atoms with Crippen LogP contribution in [-0.2, 0) is 4.79 Å². The minimum atomic E-state index is -0.729. The van der Waals surface area contributed by atoms with E-state index in [0.29, 0.717) is 17.5 Å². The predicted molar refractivity (Wildman–Crippen MR) is 129 cm³/mol. The number of carboxylic acid groups (broad SMARTS) is 1. The van der Waals surface area contributed by atoms with E-state index in [0.717, 1.165) is 48.1 Å². The number of aromatic amines is 1. The van der Waals surface area contributed by atoms with Gasteiger partial charge in [-0.25, -0.2) is 4.98 Å². The number of phenols is 1. The molecule has 0 unspecified atom stereocenters. The molecule has 3 N–H and O–H groups in total. The summed E-state index contributed by atoms with van der Waals surface area (Å²) in [5, 5.41) is 26.8. The van der Waals surface area contributed by atoms with E-state index in [9.17, 15) is 9.90 Å². The average Bonchev–Trinajstić information content (AvgIpc) is 3.36. The molecule has 1 aliphatic carbocycles. The lowest BCUT2D eigenvalue weighted by Crippen LogP contribution is -2.25. The largest absolute Gasteiger partial charge is 0.508 e. The van der Waals surface area contributed by atoms with E-state index in [2.05, 4.69) is 25.1 Å². The van der Waals surface area contributed by atoms with Crippen molar-refractivity contribution >= 4 is 5.97 Å². The Morgan fingerprint density at radius 2 is 1.51 bits per heavy atom. The fraction of sp³-hybridized carbons (Fsp3) is 0.269. The normalized spacial score (nSPS) is 17.7. The third-order valence-electron chi connectivity index (χ3n) is 6.24. The molecule has 0 amide bonds. The van der Waals surface area contributed by atoms with E-state index >= 15 is 0 Å². The first kappa shape index (κ1) is 22.5. The van der Waals surface area contributed by atoms with Crippen LogP contribution < -0.4 is 4.74 Å². The fourth-order valence-corrected chi connectivity index (χ4v) is 4.32. The number of carbonyl (C=O) groups is 1. The van der Waals surface area contributed by atoms with Gasteiger partial charge in [-0.1, -0.05) is 0 Å². The molecule has 9 heteroatoms. The number of H-pyrrole nitrogens is 1. The number of carboxylic acids is 1. The van der Waals surface area contributed by atoms with Gasteiger partial charge in [-0.2, -0.15) is 0 Å². The van der Waals surface area contributed by atoms with Gasteiger partial charge in [0.05, 0.1) is 5.69 Å². The van der Waals surface area contributed by atoms with Gasteiger partial charge >= 0.3 is 5.97 Å². The molecular weight excluding hydrogens is 446 g/mol. The zero-order chi connectivity index (χ0) is 24.2. The van der Waals surface area contributed by atoms with Crippen molar-refractivity contribution in [2.75, 3.05) is 0 Å². The Morgan fingerprint density at radius 1 is 0.857 bits per heavy atom. The number of benzene rings is 1. The van der Waals surface area contributed by atoms with E-state index < -0.39 is 5.97 Å². The van der Waals surface area contributed by atoms with Crippen molar-refractivity contribution in [1.82, 2.24) is 25.1 Å². The van der Waals surface area contributed by atoms with Gasteiger partial charge in [-0.15, -0.1) is 10.2 Å². The van der Waals surface area contributed by atoms with Crippen LogP contribution in [0.3, 0.4) is 0 Å². The molecule has 0 spiro atoms. The highest BCUT2D eigenvalue weighted by Gasteiger charge is 2.24. The number of aromatic hydroxyl groups is 1. The van der Waals surface area contributed by atoms with Crippen molar-refractivity contribution in [3.63, 3.8) is 0 Å². The van der Waals surface area contributed by atoms with E-state index in [1.165, 1.54) is 0 Å². The predicted octanol–water partition coefficient (Wildman–Crippen LogP) is 4.71. The van der Waals surface area contributed by atoms with Crippen molar-refractivity contribution in [2.24, 2.45) is 5.92 Å². The van der Waals surface area contributed by atoms with Crippen LogP contribution in [0.1, 0.15) is 32.1 Å². The number of nitrogens with one attached hydrogen (secondary N) is 1. The minimum absolute atomic E-state index is 0.0733. The molecule has 1 aromatic carbocycles. The Labute approximate surface area is 201 Å². The maximum Gasteiger partial charge on any atom is 0.303 e. The third-order valence-corrected chi connectivity index (χ3v) is 6.24. The summed E-state index contributed by atoms with van der Waals surface area (Å²) >= 11 is 0. The van der Waals surface area contributed by atoms with E-state index in [4.69, 9.17) is 9.84 Å². The zero-order valence-corrected chi connectivity index (χ0v) is 19.0. The molecule has 178 valence electrons. The van der Waals surface area contributed by atoms with Crippen LogP contribution >= 0.6 is 0 Å². The van der Waals surface area contributed by atoms with Gasteiger partial charge in [0.15, 0.2) is 11.6 Å². The second kappa shape index (κ2) is 9.92. The van der Waals surface area contributed by atoms with Gasteiger partial charge in [-0.05, 0) is 74.1 Å². The second-order valence-corrected chi connectivity index (χ2v) is 8.74. The van der Waals surface area contributed by atoms with Crippen molar-refractivity contribution in [2.45, 2.75) is 38.2 Å². The Morgan fingerprint density at radius 3 is 2.14 bits per heavy atom. The molecule has 35 heavy (non-hydrogen) atoms. The van der Waals surface area contributed by atoms with Crippen LogP contribution in [0.25, 0.3) is 34.0 Å². The maximum absolute atomic E-state index is 10.9. The molecule has 1 aliphatic rings. The van der Waals surface area contributed by atoms with Crippen LogP contribution in [0.5, 0.6) is 11.6 Å². The number of aromatic nitrogens is 5. The van der Waals surface area contributed by atoms with Gasteiger partial charge < -0.3 is 19.9 Å². The monoisotopic (exact) mass is 471 g/mol. The molecule has 0 atom stereocenters. The summed E-state index contributed by atoms with van der Waals surface area (Å²) in [6.45, 7) is 0. The van der Waals surface area contributed by atoms with Crippen LogP contribution in [0.15, 0.2) is 60.9 Å². The highest BCUT2D eigenvalue weighted by molar-refractivity contribution is 5.67. The van der Waals surface area contributed by atoms with E-state index in [-0.39, 0.29) is 24.2 Å². The Kier molecular flexibility index (Phi) is 6.38. The highest BCUT2D eigenvalue weighted by atomic mass is 16.5. The van der Waals surface area contributed by atoms with E-state index in [1.54, 1.807) is 36.7 Å². The average molecular weight is 472 g/mol. The van der Waals surface area contributed by atoms with Gasteiger partial charge in [0, 0.05) is 41.6 Å². The first-order valence-corrected chi connectivity index (χ1v) is 11.6. The number of phenolic OH excluding ortho intramolecular Hbond substituents is 1. The standard InChI is InChI=1S/C26H25N5O4/c32-20-7-3-17(4-8-20)25-29-26(31-30-25)19-5-11-22(27-15-19)18-6-12-23(28-14-18)35-21-9-1-16(2-10-21)13-24(33)34/h3-8,11-12,14-16,21,32H,1-2,9-10,13H2,(H,33,34)(H,29,30,31)/t16-,21-. The molecule has 0 bridgehead atoms. The molecule has 0 saturated heterocycles. The smallest absolute Gasteiger partial charge is 0.303 e. The zero-order valence-electron chi connectivity index (χ0n) is 19.0. The van der Waals surface area contributed by atoms with E-state index in [1.807, 2.05) is 24.3 Å². The SMILES string of the molecule is O=C(O)C[C@H]1CC[C@H](Oc2ccc(-c3ccc(-c4nnc(-c5ccc(O)cc5)[nH]4)cn3)cn2)CC1. The highest BCUT2D eigenvalue weighted by Crippen LogP contribution is 2.30. The molecule has 1 saturated carbocycles. The molecule has 5 rings (SSSR count). The molecule has 4 aromatic rings. The third kappa shape index (κ3) is 5.46. The summed E-state index contributed by atoms with van der Waals surface area (Å²) in [4.78, 5) is 23.0.